The molecule has 0 spiro atoms. The average Bonchev–Trinajstić information content (AvgIpc) is 2.52. The Balaban J connectivity index is 1.79. The second-order valence-corrected chi connectivity index (χ2v) is 5.16. The van der Waals surface area contributed by atoms with E-state index >= 15 is 0 Å². The molecule has 0 unspecified atom stereocenters. The first-order valence-electron chi connectivity index (χ1n) is 7.07. The van der Waals surface area contributed by atoms with Gasteiger partial charge in [-0.25, -0.2) is 4.39 Å². The Hall–Kier alpha value is -2.56. The van der Waals surface area contributed by atoms with Crippen LogP contribution in [-0.2, 0) is 11.3 Å². The third-order valence-corrected chi connectivity index (χ3v) is 3.27. The maximum atomic E-state index is 13.4. The van der Waals surface area contributed by atoms with Gasteiger partial charge in [-0.1, -0.05) is 18.2 Å². The van der Waals surface area contributed by atoms with Gasteiger partial charge in [-0.15, -0.1) is 0 Å². The number of nitrogens with one attached hydrogen (secondary N) is 2. The quantitative estimate of drug-likeness (QED) is 0.862. The van der Waals surface area contributed by atoms with Crippen LogP contribution in [0, 0.1) is 5.82 Å². The van der Waals surface area contributed by atoms with Crippen molar-refractivity contribution in [3.63, 3.8) is 0 Å². The molecule has 0 radical (unpaired) electrons. The van der Waals surface area contributed by atoms with Crippen LogP contribution in [0.1, 0.15) is 5.56 Å². The van der Waals surface area contributed by atoms with E-state index in [1.54, 1.807) is 18.2 Å². The van der Waals surface area contributed by atoms with Crippen LogP contribution in [0.15, 0.2) is 48.5 Å². The summed E-state index contributed by atoms with van der Waals surface area (Å²) in [6, 6.07) is 14.2. The van der Waals surface area contributed by atoms with E-state index in [1.807, 2.05) is 43.3 Å². The van der Waals surface area contributed by atoms with Gasteiger partial charge in [0.05, 0.1) is 6.54 Å². The lowest BCUT2D eigenvalue weighted by Crippen LogP contribution is -2.29. The standard InChI is InChI=1S/C17H20FN3O/c1-21(2)15-9-7-14(8-10-15)19-12-17(22)20-11-13-5-3-4-6-16(13)18/h3-10,19H,11-12H2,1-2H3,(H,20,22). The number of hydrogen-bond acceptors (Lipinski definition) is 3. The van der Waals surface area contributed by atoms with E-state index in [2.05, 4.69) is 10.6 Å². The first-order chi connectivity index (χ1) is 10.6. The van der Waals surface area contributed by atoms with Gasteiger partial charge >= 0.3 is 0 Å². The molecule has 2 aromatic carbocycles. The molecule has 22 heavy (non-hydrogen) atoms. The molecule has 2 N–H and O–H groups in total. The molecule has 0 fully saturated rings. The minimum Gasteiger partial charge on any atom is -0.378 e. The molecule has 5 heteroatoms. The van der Waals surface area contributed by atoms with E-state index < -0.39 is 0 Å². The normalized spacial score (nSPS) is 10.1. The van der Waals surface area contributed by atoms with Gasteiger partial charge in [0.1, 0.15) is 5.82 Å². The van der Waals surface area contributed by atoms with Crippen LogP contribution in [0.25, 0.3) is 0 Å². The predicted octanol–water partition coefficient (Wildman–Crippen LogP) is 2.62. The molecule has 0 atom stereocenters. The molecule has 0 aliphatic carbocycles. The third kappa shape index (κ3) is 4.48. The van der Waals surface area contributed by atoms with E-state index in [1.165, 1.54) is 6.07 Å². The minimum absolute atomic E-state index is 0.149. The summed E-state index contributed by atoms with van der Waals surface area (Å²) in [5, 5.41) is 5.73. The maximum Gasteiger partial charge on any atom is 0.239 e. The van der Waals surface area contributed by atoms with Crippen LogP contribution in [0.4, 0.5) is 15.8 Å². The van der Waals surface area contributed by atoms with Crippen LogP contribution in [0.2, 0.25) is 0 Å². The number of carbonyl (C=O) groups excluding carboxylic acids is 1. The molecule has 0 heterocycles. The average molecular weight is 301 g/mol. The maximum absolute atomic E-state index is 13.4. The minimum atomic E-state index is -0.310. The van der Waals surface area contributed by atoms with Crippen LogP contribution in [-0.4, -0.2) is 26.5 Å². The van der Waals surface area contributed by atoms with Gasteiger partial charge < -0.3 is 15.5 Å². The number of nitrogens with zero attached hydrogens (tertiary/aromatic N) is 1. The Labute approximate surface area is 129 Å². The summed E-state index contributed by atoms with van der Waals surface area (Å²) in [6.45, 7) is 0.336. The van der Waals surface area contributed by atoms with Gasteiger partial charge in [0.15, 0.2) is 0 Å². The lowest BCUT2D eigenvalue weighted by Gasteiger charge is -2.13. The highest BCUT2D eigenvalue weighted by Gasteiger charge is 2.04. The third-order valence-electron chi connectivity index (χ3n) is 3.27. The molecule has 0 saturated heterocycles. The molecular weight excluding hydrogens is 281 g/mol. The Bertz CT molecular complexity index is 626. The fourth-order valence-corrected chi connectivity index (χ4v) is 1.96. The summed E-state index contributed by atoms with van der Waals surface area (Å²) in [5.74, 6) is -0.491. The summed E-state index contributed by atoms with van der Waals surface area (Å²) in [7, 11) is 3.94. The second kappa shape index (κ2) is 7.45. The zero-order chi connectivity index (χ0) is 15.9. The highest BCUT2D eigenvalue weighted by Crippen LogP contribution is 2.15. The molecule has 0 aliphatic heterocycles. The SMILES string of the molecule is CN(C)c1ccc(NCC(=O)NCc2ccccc2F)cc1. The van der Waals surface area contributed by atoms with Crippen LogP contribution < -0.4 is 15.5 Å². The topological polar surface area (TPSA) is 44.4 Å². The fraction of sp³-hybridized carbons (Fsp3) is 0.235. The summed E-state index contributed by atoms with van der Waals surface area (Å²) in [5.41, 5.74) is 2.44. The second-order valence-electron chi connectivity index (χ2n) is 5.16. The monoisotopic (exact) mass is 301 g/mol. The van der Waals surface area contributed by atoms with Crippen molar-refractivity contribution in [2.45, 2.75) is 6.54 Å². The van der Waals surface area contributed by atoms with Crippen molar-refractivity contribution in [3.8, 4) is 0 Å². The Morgan fingerprint density at radius 1 is 1.09 bits per heavy atom. The molecule has 0 aliphatic rings. The van der Waals surface area contributed by atoms with Crippen molar-refractivity contribution in [3.05, 3.63) is 59.9 Å². The first-order valence-corrected chi connectivity index (χ1v) is 7.07. The summed E-state index contributed by atoms with van der Waals surface area (Å²) in [6.07, 6.45) is 0. The number of anilines is 2. The molecule has 2 aromatic rings. The highest BCUT2D eigenvalue weighted by atomic mass is 19.1. The zero-order valence-electron chi connectivity index (χ0n) is 12.8. The predicted molar refractivity (Wildman–Crippen MR) is 87.5 cm³/mol. The number of amides is 1. The van der Waals surface area contributed by atoms with Crippen LogP contribution in [0.5, 0.6) is 0 Å². The van der Waals surface area contributed by atoms with Crippen molar-refractivity contribution in [1.82, 2.24) is 5.32 Å². The number of hydrogen-bond donors (Lipinski definition) is 2. The van der Waals surface area contributed by atoms with Crippen molar-refractivity contribution in [1.29, 1.82) is 0 Å². The van der Waals surface area contributed by atoms with Crippen molar-refractivity contribution >= 4 is 17.3 Å². The Morgan fingerprint density at radius 2 is 1.77 bits per heavy atom. The van der Waals surface area contributed by atoms with Gasteiger partial charge in [0.2, 0.25) is 5.91 Å². The van der Waals surface area contributed by atoms with E-state index in [0.717, 1.165) is 11.4 Å². The van der Waals surface area contributed by atoms with Crippen molar-refractivity contribution in [2.24, 2.45) is 0 Å². The van der Waals surface area contributed by atoms with Crippen LogP contribution in [0.3, 0.4) is 0 Å². The summed E-state index contributed by atoms with van der Waals surface area (Å²) >= 11 is 0. The number of rotatable bonds is 6. The Kier molecular flexibility index (Phi) is 5.36. The van der Waals surface area contributed by atoms with E-state index in [4.69, 9.17) is 0 Å². The van der Waals surface area contributed by atoms with E-state index in [9.17, 15) is 9.18 Å². The van der Waals surface area contributed by atoms with Crippen molar-refractivity contribution < 1.29 is 9.18 Å². The first kappa shape index (κ1) is 15.8. The molecular formula is C17H20FN3O. The molecule has 0 bridgehead atoms. The van der Waals surface area contributed by atoms with E-state index in [0.29, 0.717) is 5.56 Å². The molecule has 1 amide bonds. The van der Waals surface area contributed by atoms with Gasteiger partial charge in [0.25, 0.3) is 0 Å². The number of halogens is 1. The summed E-state index contributed by atoms with van der Waals surface area (Å²) in [4.78, 5) is 13.8. The summed E-state index contributed by atoms with van der Waals surface area (Å²) < 4.78 is 13.4. The smallest absolute Gasteiger partial charge is 0.239 e. The van der Waals surface area contributed by atoms with Gasteiger partial charge in [-0.3, -0.25) is 4.79 Å². The lowest BCUT2D eigenvalue weighted by atomic mass is 10.2. The zero-order valence-corrected chi connectivity index (χ0v) is 12.8. The Morgan fingerprint density at radius 3 is 2.41 bits per heavy atom. The molecule has 4 nitrogen and oxygen atoms in total. The lowest BCUT2D eigenvalue weighted by molar-refractivity contribution is -0.119. The van der Waals surface area contributed by atoms with E-state index in [-0.39, 0.29) is 24.8 Å². The number of carbonyl (C=O) groups is 1. The number of benzene rings is 2. The molecule has 2 rings (SSSR count). The molecule has 0 aromatic heterocycles. The van der Waals surface area contributed by atoms with Gasteiger partial charge in [-0.05, 0) is 30.3 Å². The van der Waals surface area contributed by atoms with Crippen LogP contribution >= 0.6 is 0 Å². The molecule has 0 saturated carbocycles. The highest BCUT2D eigenvalue weighted by molar-refractivity contribution is 5.80. The molecule has 116 valence electrons. The fourth-order valence-electron chi connectivity index (χ4n) is 1.96. The largest absolute Gasteiger partial charge is 0.378 e. The van der Waals surface area contributed by atoms with Gasteiger partial charge in [0, 0.05) is 37.6 Å². The van der Waals surface area contributed by atoms with Gasteiger partial charge in [-0.2, -0.15) is 0 Å². The van der Waals surface area contributed by atoms with Crippen molar-refractivity contribution in [2.75, 3.05) is 30.9 Å².